The first-order valence-electron chi connectivity index (χ1n) is 8.86. The second-order valence-electron chi connectivity index (χ2n) is 6.87. The number of halogens is 4. The minimum absolute atomic E-state index is 0.0977. The van der Waals surface area contributed by atoms with Crippen LogP contribution in [0.15, 0.2) is 24.3 Å². The molecule has 136 valence electrons. The Balaban J connectivity index is 1.86. The Morgan fingerprint density at radius 1 is 1.08 bits per heavy atom. The molecule has 0 atom stereocenters. The van der Waals surface area contributed by atoms with E-state index in [1.54, 1.807) is 6.07 Å². The van der Waals surface area contributed by atoms with Gasteiger partial charge in [-0.15, -0.1) is 0 Å². The molecule has 2 aromatic rings. The number of fused-ring (bicyclic) bond motifs is 1. The number of hydrogen-bond donors (Lipinski definition) is 0. The largest absolute Gasteiger partial charge is 0.429 e. The predicted molar refractivity (Wildman–Crippen MR) is 90.1 cm³/mol. The van der Waals surface area contributed by atoms with Crippen molar-refractivity contribution in [3.63, 3.8) is 0 Å². The van der Waals surface area contributed by atoms with Crippen LogP contribution in [-0.4, -0.2) is 6.61 Å². The van der Waals surface area contributed by atoms with Gasteiger partial charge in [-0.1, -0.05) is 38.0 Å². The van der Waals surface area contributed by atoms with Crippen molar-refractivity contribution in [1.82, 2.24) is 0 Å². The molecule has 25 heavy (non-hydrogen) atoms. The zero-order chi connectivity index (χ0) is 18.0. The Morgan fingerprint density at radius 3 is 2.44 bits per heavy atom. The normalized spacial score (nSPS) is 21.0. The van der Waals surface area contributed by atoms with Crippen LogP contribution in [0.2, 0.25) is 0 Å². The fourth-order valence-electron chi connectivity index (χ4n) is 3.97. The van der Waals surface area contributed by atoms with E-state index in [1.165, 1.54) is 31.7 Å². The van der Waals surface area contributed by atoms with Gasteiger partial charge in [-0.05, 0) is 54.5 Å². The van der Waals surface area contributed by atoms with Gasteiger partial charge in [0.1, 0.15) is 0 Å². The second-order valence-corrected chi connectivity index (χ2v) is 6.87. The van der Waals surface area contributed by atoms with Crippen LogP contribution >= 0.6 is 0 Å². The number of alkyl halides is 2. The van der Waals surface area contributed by atoms with Gasteiger partial charge in [0.25, 0.3) is 0 Å². The van der Waals surface area contributed by atoms with Crippen molar-refractivity contribution in [2.75, 3.05) is 0 Å². The van der Waals surface area contributed by atoms with Crippen molar-refractivity contribution >= 4 is 10.8 Å². The third-order valence-electron chi connectivity index (χ3n) is 5.23. The molecule has 0 amide bonds. The van der Waals surface area contributed by atoms with E-state index in [0.29, 0.717) is 11.3 Å². The molecule has 1 fully saturated rings. The summed E-state index contributed by atoms with van der Waals surface area (Å²) in [6.45, 7) is -1.07. The first-order chi connectivity index (χ1) is 12.0. The monoisotopic (exact) mass is 354 g/mol. The predicted octanol–water partition coefficient (Wildman–Crippen LogP) is 6.79. The van der Waals surface area contributed by atoms with Crippen LogP contribution < -0.4 is 4.74 Å². The van der Waals surface area contributed by atoms with Crippen molar-refractivity contribution in [2.24, 2.45) is 5.92 Å². The zero-order valence-corrected chi connectivity index (χ0v) is 14.2. The fraction of sp³-hybridized carbons (Fsp3) is 0.500. The molecule has 1 saturated carbocycles. The van der Waals surface area contributed by atoms with Gasteiger partial charge in [-0.2, -0.15) is 8.78 Å². The number of benzene rings is 2. The third-order valence-corrected chi connectivity index (χ3v) is 5.23. The first kappa shape index (κ1) is 18.0. The lowest BCUT2D eigenvalue weighted by Crippen LogP contribution is -2.13. The van der Waals surface area contributed by atoms with Crippen LogP contribution in [0.4, 0.5) is 17.6 Å². The molecular weight excluding hydrogens is 332 g/mol. The minimum Gasteiger partial charge on any atom is -0.429 e. The van der Waals surface area contributed by atoms with Gasteiger partial charge in [0.05, 0.1) is 0 Å². The van der Waals surface area contributed by atoms with E-state index in [-0.39, 0.29) is 5.39 Å². The molecule has 1 nitrogen and oxygen atoms in total. The summed E-state index contributed by atoms with van der Waals surface area (Å²) in [7, 11) is 0. The van der Waals surface area contributed by atoms with Crippen molar-refractivity contribution in [3.8, 4) is 5.75 Å². The first-order valence-corrected chi connectivity index (χ1v) is 8.86. The van der Waals surface area contributed by atoms with E-state index in [4.69, 9.17) is 0 Å². The van der Waals surface area contributed by atoms with E-state index in [1.807, 2.05) is 6.07 Å². The van der Waals surface area contributed by atoms with E-state index < -0.39 is 24.0 Å². The Bertz CT molecular complexity index is 736. The van der Waals surface area contributed by atoms with Gasteiger partial charge in [-0.25, -0.2) is 8.78 Å². The van der Waals surface area contributed by atoms with Crippen molar-refractivity contribution in [2.45, 2.75) is 58.0 Å². The molecule has 1 aliphatic rings. The quantitative estimate of drug-likeness (QED) is 0.537. The van der Waals surface area contributed by atoms with Crippen molar-refractivity contribution < 1.29 is 22.3 Å². The van der Waals surface area contributed by atoms with Crippen molar-refractivity contribution in [3.05, 3.63) is 41.5 Å². The van der Waals surface area contributed by atoms with Gasteiger partial charge in [0.15, 0.2) is 17.4 Å². The highest BCUT2D eigenvalue weighted by molar-refractivity contribution is 5.85. The highest BCUT2D eigenvalue weighted by atomic mass is 19.3. The molecule has 5 heteroatoms. The molecule has 2 aromatic carbocycles. The lowest BCUT2D eigenvalue weighted by atomic mass is 9.77. The van der Waals surface area contributed by atoms with E-state index >= 15 is 0 Å². The molecule has 0 aliphatic heterocycles. The molecule has 0 unspecified atom stereocenters. The number of rotatable bonds is 5. The summed E-state index contributed by atoms with van der Waals surface area (Å²) in [5.41, 5.74) is 1.06. The highest BCUT2D eigenvalue weighted by Gasteiger charge is 2.23. The van der Waals surface area contributed by atoms with Gasteiger partial charge in [-0.3, -0.25) is 0 Å². The second kappa shape index (κ2) is 7.63. The van der Waals surface area contributed by atoms with Crippen molar-refractivity contribution in [1.29, 1.82) is 0 Å². The minimum atomic E-state index is -3.26. The Labute approximate surface area is 145 Å². The molecule has 0 radical (unpaired) electrons. The van der Waals surface area contributed by atoms with Crippen LogP contribution in [-0.2, 0) is 0 Å². The molecule has 1 aliphatic carbocycles. The summed E-state index contributed by atoms with van der Waals surface area (Å²) in [5.74, 6) is -2.02. The Morgan fingerprint density at radius 2 is 1.80 bits per heavy atom. The lowest BCUT2D eigenvalue weighted by molar-refractivity contribution is -0.0544. The average molecular weight is 354 g/mol. The zero-order valence-electron chi connectivity index (χ0n) is 14.2. The molecule has 0 bridgehead atoms. The van der Waals surface area contributed by atoms with Crippen LogP contribution in [0.5, 0.6) is 5.75 Å². The summed E-state index contributed by atoms with van der Waals surface area (Å²) in [6.07, 6.45) is 6.98. The number of hydrogen-bond acceptors (Lipinski definition) is 1. The molecule has 0 saturated heterocycles. The maximum absolute atomic E-state index is 14.3. The van der Waals surface area contributed by atoms with Gasteiger partial charge in [0, 0.05) is 5.39 Å². The summed E-state index contributed by atoms with van der Waals surface area (Å²) in [5, 5.41) is 0.477. The van der Waals surface area contributed by atoms with Gasteiger partial charge >= 0.3 is 6.61 Å². The molecular formula is C20H22F4O. The van der Waals surface area contributed by atoms with Crippen LogP contribution in [0.25, 0.3) is 10.8 Å². The average Bonchev–Trinajstić information content (AvgIpc) is 2.59. The smallest absolute Gasteiger partial charge is 0.387 e. The number of ether oxygens (including phenoxy) is 1. The summed E-state index contributed by atoms with van der Waals surface area (Å²) in [6, 6.07) is 6.21. The maximum atomic E-state index is 14.3. The molecule has 3 rings (SSSR count). The summed E-state index contributed by atoms with van der Waals surface area (Å²) < 4.78 is 56.9. The Kier molecular flexibility index (Phi) is 5.50. The molecule has 0 spiro atoms. The molecule has 0 N–H and O–H groups in total. The summed E-state index contributed by atoms with van der Waals surface area (Å²) >= 11 is 0. The van der Waals surface area contributed by atoms with E-state index in [0.717, 1.165) is 30.4 Å². The SMILES string of the molecule is CCCC1CCC(c2ccc3c(F)c(OC(F)F)c(F)cc3c2)CC1. The standard InChI is InChI=1S/C20H22F4O/c1-2-3-12-4-6-13(7-5-12)14-8-9-16-15(10-14)11-17(21)19(18(16)22)25-20(23)24/h8-13,20H,2-7H2,1H3. The molecule has 0 aromatic heterocycles. The Hall–Kier alpha value is -1.78. The van der Waals surface area contributed by atoms with Crippen LogP contribution in [0.3, 0.4) is 0 Å². The van der Waals surface area contributed by atoms with Gasteiger partial charge < -0.3 is 4.74 Å². The van der Waals surface area contributed by atoms with Gasteiger partial charge in [0.2, 0.25) is 0 Å². The fourth-order valence-corrected chi connectivity index (χ4v) is 3.97. The topological polar surface area (TPSA) is 9.23 Å². The van der Waals surface area contributed by atoms with E-state index in [9.17, 15) is 17.6 Å². The summed E-state index contributed by atoms with van der Waals surface area (Å²) in [4.78, 5) is 0. The van der Waals surface area contributed by atoms with Crippen LogP contribution in [0.1, 0.15) is 56.9 Å². The van der Waals surface area contributed by atoms with E-state index in [2.05, 4.69) is 11.7 Å². The maximum Gasteiger partial charge on any atom is 0.387 e. The van der Waals surface area contributed by atoms with Crippen LogP contribution in [0, 0.1) is 17.6 Å². The lowest BCUT2D eigenvalue weighted by Gasteiger charge is -2.28. The third kappa shape index (κ3) is 3.91. The molecule has 0 heterocycles. The highest BCUT2D eigenvalue weighted by Crippen LogP contribution is 2.39.